The minimum Gasteiger partial charge on any atom is -0.335 e. The Kier molecular flexibility index (Phi) is 2.60. The third-order valence-electron chi connectivity index (χ3n) is 3.12. The zero-order valence-corrected chi connectivity index (χ0v) is 11.1. The maximum absolute atomic E-state index is 5.95. The van der Waals surface area contributed by atoms with Crippen LogP contribution in [0.25, 0.3) is 22.2 Å². The molecule has 0 saturated heterocycles. The number of halogens is 1. The lowest BCUT2D eigenvalue weighted by Crippen LogP contribution is -1.86. The SMILES string of the molecule is Cc1cccc(-c2cn(C)c3nc(Cl)ccc23)c1. The lowest BCUT2D eigenvalue weighted by molar-refractivity contribution is 0.949. The van der Waals surface area contributed by atoms with Gasteiger partial charge in [0.2, 0.25) is 0 Å². The van der Waals surface area contributed by atoms with Gasteiger partial charge in [-0.25, -0.2) is 4.98 Å². The van der Waals surface area contributed by atoms with Gasteiger partial charge >= 0.3 is 0 Å². The second-order valence-corrected chi connectivity index (χ2v) is 4.92. The van der Waals surface area contributed by atoms with Crippen LogP contribution in [0.1, 0.15) is 5.56 Å². The number of aryl methyl sites for hydroxylation is 2. The molecule has 0 radical (unpaired) electrons. The molecule has 0 aliphatic carbocycles. The molecule has 0 atom stereocenters. The fourth-order valence-corrected chi connectivity index (χ4v) is 2.41. The van der Waals surface area contributed by atoms with Crippen LogP contribution in [0.15, 0.2) is 42.6 Å². The van der Waals surface area contributed by atoms with Crippen molar-refractivity contribution in [2.75, 3.05) is 0 Å². The van der Waals surface area contributed by atoms with Crippen molar-refractivity contribution in [1.82, 2.24) is 9.55 Å². The molecule has 1 aromatic carbocycles. The van der Waals surface area contributed by atoms with Gasteiger partial charge in [-0.05, 0) is 24.6 Å². The van der Waals surface area contributed by atoms with Gasteiger partial charge in [0.25, 0.3) is 0 Å². The molecule has 0 aliphatic rings. The summed E-state index contributed by atoms with van der Waals surface area (Å²) in [5.74, 6) is 0. The molecule has 0 bridgehead atoms. The first-order valence-corrected chi connectivity index (χ1v) is 6.21. The molecule has 0 unspecified atom stereocenters. The zero-order chi connectivity index (χ0) is 12.7. The largest absolute Gasteiger partial charge is 0.335 e. The van der Waals surface area contributed by atoms with Gasteiger partial charge in [-0.2, -0.15) is 0 Å². The Morgan fingerprint density at radius 2 is 2.00 bits per heavy atom. The molecule has 2 heterocycles. The molecule has 0 aliphatic heterocycles. The van der Waals surface area contributed by atoms with Crippen LogP contribution in [0.3, 0.4) is 0 Å². The average Bonchev–Trinajstić information content (AvgIpc) is 2.67. The van der Waals surface area contributed by atoms with Crippen molar-refractivity contribution in [3.05, 3.63) is 53.3 Å². The lowest BCUT2D eigenvalue weighted by atomic mass is 10.0. The highest BCUT2D eigenvalue weighted by Gasteiger charge is 2.10. The standard InChI is InChI=1S/C15H13ClN2/c1-10-4-3-5-11(8-10)13-9-18(2)15-12(13)6-7-14(16)17-15/h3-9H,1-2H3. The predicted molar refractivity (Wildman–Crippen MR) is 75.9 cm³/mol. The number of hydrogen-bond acceptors (Lipinski definition) is 1. The molecule has 18 heavy (non-hydrogen) atoms. The summed E-state index contributed by atoms with van der Waals surface area (Å²) < 4.78 is 2.01. The average molecular weight is 257 g/mol. The number of hydrogen-bond donors (Lipinski definition) is 0. The Balaban J connectivity index is 2.30. The third-order valence-corrected chi connectivity index (χ3v) is 3.33. The first kappa shape index (κ1) is 11.3. The summed E-state index contributed by atoms with van der Waals surface area (Å²) in [6, 6.07) is 12.3. The van der Waals surface area contributed by atoms with E-state index < -0.39 is 0 Å². The van der Waals surface area contributed by atoms with Crippen molar-refractivity contribution in [3.63, 3.8) is 0 Å². The summed E-state index contributed by atoms with van der Waals surface area (Å²) in [7, 11) is 1.99. The minimum absolute atomic E-state index is 0.527. The minimum atomic E-state index is 0.527. The Hall–Kier alpha value is -1.80. The Bertz CT molecular complexity index is 728. The molecule has 0 saturated carbocycles. The van der Waals surface area contributed by atoms with E-state index in [2.05, 4.69) is 42.4 Å². The molecule has 2 nitrogen and oxygen atoms in total. The second-order valence-electron chi connectivity index (χ2n) is 4.53. The van der Waals surface area contributed by atoms with Crippen LogP contribution in [0.5, 0.6) is 0 Å². The van der Waals surface area contributed by atoms with Crippen molar-refractivity contribution >= 4 is 22.6 Å². The highest BCUT2D eigenvalue weighted by atomic mass is 35.5. The van der Waals surface area contributed by atoms with E-state index in [4.69, 9.17) is 11.6 Å². The van der Waals surface area contributed by atoms with Crippen LogP contribution in [0.2, 0.25) is 5.15 Å². The van der Waals surface area contributed by atoms with Gasteiger partial charge in [0.05, 0.1) is 0 Å². The number of pyridine rings is 1. The summed E-state index contributed by atoms with van der Waals surface area (Å²) >= 11 is 5.95. The summed E-state index contributed by atoms with van der Waals surface area (Å²) in [5, 5.41) is 1.66. The van der Waals surface area contributed by atoms with Gasteiger partial charge in [-0.15, -0.1) is 0 Å². The molecular formula is C15H13ClN2. The normalized spacial score (nSPS) is 11.1. The fraction of sp³-hybridized carbons (Fsp3) is 0.133. The van der Waals surface area contributed by atoms with E-state index in [-0.39, 0.29) is 0 Å². The van der Waals surface area contributed by atoms with Crippen LogP contribution in [0, 0.1) is 6.92 Å². The number of aromatic nitrogens is 2. The molecular weight excluding hydrogens is 244 g/mol. The van der Waals surface area contributed by atoms with E-state index in [1.165, 1.54) is 16.7 Å². The predicted octanol–water partition coefficient (Wildman–Crippen LogP) is 4.20. The number of rotatable bonds is 1. The topological polar surface area (TPSA) is 17.8 Å². The first-order chi connectivity index (χ1) is 8.65. The van der Waals surface area contributed by atoms with Gasteiger partial charge in [-0.1, -0.05) is 41.4 Å². The van der Waals surface area contributed by atoms with Crippen LogP contribution in [-0.2, 0) is 7.05 Å². The first-order valence-electron chi connectivity index (χ1n) is 5.84. The van der Waals surface area contributed by atoms with Crippen molar-refractivity contribution in [1.29, 1.82) is 0 Å². The maximum atomic E-state index is 5.95. The lowest BCUT2D eigenvalue weighted by Gasteiger charge is -2.00. The van der Waals surface area contributed by atoms with Gasteiger partial charge in [-0.3, -0.25) is 0 Å². The zero-order valence-electron chi connectivity index (χ0n) is 10.3. The Morgan fingerprint density at radius 1 is 1.17 bits per heavy atom. The molecule has 0 fully saturated rings. The number of benzene rings is 1. The molecule has 90 valence electrons. The maximum Gasteiger partial charge on any atom is 0.142 e. The summed E-state index contributed by atoms with van der Waals surface area (Å²) in [6.45, 7) is 2.10. The van der Waals surface area contributed by atoms with Crippen molar-refractivity contribution in [2.24, 2.45) is 7.05 Å². The molecule has 0 amide bonds. The van der Waals surface area contributed by atoms with E-state index in [0.717, 1.165) is 11.0 Å². The van der Waals surface area contributed by atoms with Crippen LogP contribution in [0.4, 0.5) is 0 Å². The highest BCUT2D eigenvalue weighted by molar-refractivity contribution is 6.29. The summed E-state index contributed by atoms with van der Waals surface area (Å²) in [5.41, 5.74) is 4.58. The fourth-order valence-electron chi connectivity index (χ4n) is 2.27. The summed E-state index contributed by atoms with van der Waals surface area (Å²) in [4.78, 5) is 4.37. The van der Waals surface area contributed by atoms with Gasteiger partial charge < -0.3 is 4.57 Å². The molecule has 0 N–H and O–H groups in total. The van der Waals surface area contributed by atoms with Crippen LogP contribution >= 0.6 is 11.6 Å². The van der Waals surface area contributed by atoms with Crippen molar-refractivity contribution in [2.45, 2.75) is 6.92 Å². The highest BCUT2D eigenvalue weighted by Crippen LogP contribution is 2.30. The number of nitrogens with zero attached hydrogens (tertiary/aromatic N) is 2. The van der Waals surface area contributed by atoms with E-state index in [1.54, 1.807) is 0 Å². The Labute approximate surface area is 111 Å². The van der Waals surface area contributed by atoms with Gasteiger partial charge in [0, 0.05) is 24.2 Å². The molecule has 3 rings (SSSR count). The molecule has 0 spiro atoms. The number of fused-ring (bicyclic) bond motifs is 1. The van der Waals surface area contributed by atoms with E-state index in [1.807, 2.05) is 23.7 Å². The van der Waals surface area contributed by atoms with Crippen LogP contribution in [-0.4, -0.2) is 9.55 Å². The van der Waals surface area contributed by atoms with Crippen molar-refractivity contribution in [3.8, 4) is 11.1 Å². The monoisotopic (exact) mass is 256 g/mol. The molecule has 3 aromatic rings. The Morgan fingerprint density at radius 3 is 2.78 bits per heavy atom. The molecule has 2 aromatic heterocycles. The van der Waals surface area contributed by atoms with Gasteiger partial charge in [0.15, 0.2) is 0 Å². The van der Waals surface area contributed by atoms with E-state index in [9.17, 15) is 0 Å². The van der Waals surface area contributed by atoms with Crippen molar-refractivity contribution < 1.29 is 0 Å². The third kappa shape index (κ3) is 1.79. The quantitative estimate of drug-likeness (QED) is 0.597. The smallest absolute Gasteiger partial charge is 0.142 e. The van der Waals surface area contributed by atoms with Crippen LogP contribution < -0.4 is 0 Å². The van der Waals surface area contributed by atoms with Gasteiger partial charge in [0.1, 0.15) is 10.8 Å². The second kappa shape index (κ2) is 4.14. The summed E-state index contributed by atoms with van der Waals surface area (Å²) in [6.07, 6.45) is 2.10. The van der Waals surface area contributed by atoms with E-state index >= 15 is 0 Å². The molecule has 3 heteroatoms. The van der Waals surface area contributed by atoms with E-state index in [0.29, 0.717) is 5.15 Å².